The lowest BCUT2D eigenvalue weighted by Gasteiger charge is -2.16. The van der Waals surface area contributed by atoms with Crippen LogP contribution in [0.5, 0.6) is 0 Å². The Morgan fingerprint density at radius 3 is 2.43 bits per heavy atom. The van der Waals surface area contributed by atoms with Gasteiger partial charge in [0.1, 0.15) is 5.76 Å². The van der Waals surface area contributed by atoms with E-state index in [9.17, 15) is 14.4 Å². The van der Waals surface area contributed by atoms with Gasteiger partial charge in [0.15, 0.2) is 0 Å². The second-order valence-electron chi connectivity index (χ2n) is 8.07. The Bertz CT molecular complexity index is 1440. The van der Waals surface area contributed by atoms with E-state index in [1.165, 1.54) is 31.6 Å². The molecule has 4 rings (SSSR count). The minimum absolute atomic E-state index is 0.0297. The predicted molar refractivity (Wildman–Crippen MR) is 145 cm³/mol. The molecule has 37 heavy (non-hydrogen) atoms. The van der Waals surface area contributed by atoms with E-state index in [1.807, 2.05) is 17.5 Å². The van der Waals surface area contributed by atoms with E-state index in [-0.39, 0.29) is 29.5 Å². The standard InChI is InChI=1S/C28H25N3O5S/c1-4-23(35-2)20(29)15-19-26-22(31-27(19)33)12-11-21(30-24(32)14-18-6-5-13-37-18)25(26)16-7-9-17(10-8-16)28(34)36-3/h4-13,15,29H,14H2,1-3H3,(H,30,32)(H,31,33). The summed E-state index contributed by atoms with van der Waals surface area (Å²) in [5.41, 5.74) is 3.51. The SMILES string of the molecule is CC=C(OC)C(=N)C=C1C(=O)Nc2ccc(NC(=O)Cc3cccs3)c(-c3ccc(C(=O)OC)cc3)c21. The summed E-state index contributed by atoms with van der Waals surface area (Å²) in [6.45, 7) is 1.74. The Hall–Kier alpha value is -4.50. The first-order valence-electron chi connectivity index (χ1n) is 11.4. The quantitative estimate of drug-likeness (QED) is 0.163. The smallest absolute Gasteiger partial charge is 0.337 e. The highest BCUT2D eigenvalue weighted by atomic mass is 32.1. The third kappa shape index (κ3) is 5.36. The molecule has 0 fully saturated rings. The Balaban J connectivity index is 1.85. The highest BCUT2D eigenvalue weighted by Gasteiger charge is 2.30. The average Bonchev–Trinajstić information content (AvgIpc) is 3.52. The Kier molecular flexibility index (Phi) is 7.64. The molecule has 1 aliphatic rings. The van der Waals surface area contributed by atoms with Gasteiger partial charge in [0.05, 0.1) is 37.5 Å². The minimum atomic E-state index is -0.473. The van der Waals surface area contributed by atoms with Crippen LogP contribution in [0, 0.1) is 5.41 Å². The minimum Gasteiger partial charge on any atom is -0.495 e. The molecule has 3 N–H and O–H groups in total. The van der Waals surface area contributed by atoms with Crippen LogP contribution in [-0.2, 0) is 25.5 Å². The molecular weight excluding hydrogens is 490 g/mol. The van der Waals surface area contributed by atoms with Crippen LogP contribution in [0.3, 0.4) is 0 Å². The number of anilines is 2. The Labute approximate surface area is 218 Å². The van der Waals surface area contributed by atoms with E-state index in [1.54, 1.807) is 49.4 Å². The maximum Gasteiger partial charge on any atom is 0.337 e. The van der Waals surface area contributed by atoms with Crippen molar-refractivity contribution in [2.75, 3.05) is 24.9 Å². The van der Waals surface area contributed by atoms with Gasteiger partial charge in [0, 0.05) is 27.4 Å². The van der Waals surface area contributed by atoms with Crippen LogP contribution >= 0.6 is 11.3 Å². The number of carbonyl (C=O) groups excluding carboxylic acids is 3. The zero-order chi connectivity index (χ0) is 26.5. The van der Waals surface area contributed by atoms with Crippen LogP contribution in [0.2, 0.25) is 0 Å². The van der Waals surface area contributed by atoms with Crippen molar-refractivity contribution in [1.82, 2.24) is 0 Å². The number of rotatable bonds is 8. The summed E-state index contributed by atoms with van der Waals surface area (Å²) in [6, 6.07) is 13.9. The molecule has 3 aromatic rings. The molecule has 9 heteroatoms. The van der Waals surface area contributed by atoms with Gasteiger partial charge in [0.25, 0.3) is 5.91 Å². The predicted octanol–water partition coefficient (Wildman–Crippen LogP) is 5.29. The first-order valence-corrected chi connectivity index (χ1v) is 12.2. The number of methoxy groups -OCH3 is 2. The van der Waals surface area contributed by atoms with Crippen molar-refractivity contribution in [2.24, 2.45) is 0 Å². The number of esters is 1. The van der Waals surface area contributed by atoms with Gasteiger partial charge in [-0.25, -0.2) is 4.79 Å². The fourth-order valence-corrected chi connectivity index (χ4v) is 4.79. The number of carbonyl (C=O) groups is 3. The van der Waals surface area contributed by atoms with E-state index in [0.29, 0.717) is 39.4 Å². The number of fused-ring (bicyclic) bond motifs is 1. The summed E-state index contributed by atoms with van der Waals surface area (Å²) in [6.07, 6.45) is 3.29. The van der Waals surface area contributed by atoms with Crippen LogP contribution in [0.15, 0.2) is 71.8 Å². The number of thiophene rings is 1. The van der Waals surface area contributed by atoms with Gasteiger partial charge in [-0.2, -0.15) is 0 Å². The summed E-state index contributed by atoms with van der Waals surface area (Å²) in [5, 5.41) is 16.2. The van der Waals surface area contributed by atoms with E-state index in [4.69, 9.17) is 14.9 Å². The van der Waals surface area contributed by atoms with Crippen molar-refractivity contribution < 1.29 is 23.9 Å². The largest absolute Gasteiger partial charge is 0.495 e. The molecule has 0 spiro atoms. The lowest BCUT2D eigenvalue weighted by molar-refractivity contribution is -0.115. The van der Waals surface area contributed by atoms with Gasteiger partial charge in [-0.3, -0.25) is 15.0 Å². The molecule has 2 heterocycles. The lowest BCUT2D eigenvalue weighted by atomic mass is 9.91. The molecule has 0 bridgehead atoms. The summed E-state index contributed by atoms with van der Waals surface area (Å²) in [5.74, 6) is -0.737. The molecule has 0 unspecified atom stereocenters. The number of hydrogen-bond donors (Lipinski definition) is 3. The van der Waals surface area contributed by atoms with Crippen LogP contribution < -0.4 is 10.6 Å². The van der Waals surface area contributed by atoms with E-state index in [2.05, 4.69) is 10.6 Å². The van der Waals surface area contributed by atoms with E-state index < -0.39 is 5.97 Å². The maximum absolute atomic E-state index is 13.0. The number of benzene rings is 2. The molecule has 188 valence electrons. The fourth-order valence-electron chi connectivity index (χ4n) is 4.09. The van der Waals surface area contributed by atoms with Gasteiger partial charge in [-0.1, -0.05) is 18.2 Å². The molecule has 8 nitrogen and oxygen atoms in total. The summed E-state index contributed by atoms with van der Waals surface area (Å²) in [7, 11) is 2.77. The van der Waals surface area contributed by atoms with Gasteiger partial charge in [0.2, 0.25) is 5.91 Å². The first-order chi connectivity index (χ1) is 17.9. The molecular formula is C28H25N3O5S. The molecule has 2 amide bonds. The van der Waals surface area contributed by atoms with Gasteiger partial charge >= 0.3 is 5.97 Å². The van der Waals surface area contributed by atoms with Crippen molar-refractivity contribution >= 4 is 51.8 Å². The van der Waals surface area contributed by atoms with Crippen molar-refractivity contribution in [1.29, 1.82) is 5.41 Å². The van der Waals surface area contributed by atoms with Crippen molar-refractivity contribution in [3.05, 3.63) is 87.8 Å². The average molecular weight is 516 g/mol. The number of nitrogens with one attached hydrogen (secondary N) is 3. The second kappa shape index (κ2) is 11.0. The zero-order valence-electron chi connectivity index (χ0n) is 20.5. The molecule has 0 aliphatic carbocycles. The maximum atomic E-state index is 13.0. The molecule has 0 atom stereocenters. The van der Waals surface area contributed by atoms with Gasteiger partial charge in [-0.15, -0.1) is 11.3 Å². The number of hydrogen-bond acceptors (Lipinski definition) is 7. The highest BCUT2D eigenvalue weighted by molar-refractivity contribution is 7.10. The number of allylic oxidation sites excluding steroid dienone is 2. The van der Waals surface area contributed by atoms with Gasteiger partial charge < -0.3 is 20.1 Å². The van der Waals surface area contributed by atoms with Crippen molar-refractivity contribution in [3.63, 3.8) is 0 Å². The van der Waals surface area contributed by atoms with Crippen molar-refractivity contribution in [2.45, 2.75) is 13.3 Å². The molecule has 0 radical (unpaired) electrons. The molecule has 1 aromatic heterocycles. The molecule has 0 saturated heterocycles. The van der Waals surface area contributed by atoms with Crippen LogP contribution in [0.4, 0.5) is 11.4 Å². The molecule has 2 aromatic carbocycles. The van der Waals surface area contributed by atoms with Crippen LogP contribution in [0.25, 0.3) is 16.7 Å². The van der Waals surface area contributed by atoms with E-state index in [0.717, 1.165) is 4.88 Å². The Morgan fingerprint density at radius 1 is 1.05 bits per heavy atom. The van der Waals surface area contributed by atoms with Crippen LogP contribution in [-0.4, -0.2) is 37.7 Å². The monoisotopic (exact) mass is 515 g/mol. The summed E-state index contributed by atoms with van der Waals surface area (Å²) in [4.78, 5) is 38.8. The topological polar surface area (TPSA) is 118 Å². The fraction of sp³-hybridized carbons (Fsp3) is 0.143. The third-order valence-electron chi connectivity index (χ3n) is 5.79. The summed E-state index contributed by atoms with van der Waals surface area (Å²) < 4.78 is 10.0. The van der Waals surface area contributed by atoms with Crippen molar-refractivity contribution in [3.8, 4) is 11.1 Å². The van der Waals surface area contributed by atoms with Crippen LogP contribution in [0.1, 0.15) is 27.7 Å². The third-order valence-corrected chi connectivity index (χ3v) is 6.66. The molecule has 0 saturated carbocycles. The normalized spacial score (nSPS) is 13.6. The van der Waals surface area contributed by atoms with E-state index >= 15 is 0 Å². The zero-order valence-corrected chi connectivity index (χ0v) is 21.3. The first kappa shape index (κ1) is 25.6. The number of amides is 2. The summed E-state index contributed by atoms with van der Waals surface area (Å²) >= 11 is 1.49. The second-order valence-corrected chi connectivity index (χ2v) is 9.10. The lowest BCUT2D eigenvalue weighted by Crippen LogP contribution is -2.15. The van der Waals surface area contributed by atoms with Gasteiger partial charge in [-0.05, 0) is 60.4 Å². The number of ether oxygens (including phenoxy) is 2. The highest BCUT2D eigenvalue weighted by Crippen LogP contribution is 2.44. The molecule has 1 aliphatic heterocycles. The Morgan fingerprint density at radius 2 is 1.81 bits per heavy atom.